The maximum absolute atomic E-state index is 6.05. The molecule has 1 aliphatic rings. The van der Waals surface area contributed by atoms with E-state index in [4.69, 9.17) is 14.2 Å². The van der Waals surface area contributed by atoms with Crippen molar-refractivity contribution >= 4 is 0 Å². The molecule has 4 heteroatoms. The molecule has 1 saturated carbocycles. The number of nitrogens with one attached hydrogen (secondary N) is 1. The summed E-state index contributed by atoms with van der Waals surface area (Å²) in [6, 6.07) is 0.527. The van der Waals surface area contributed by atoms with Gasteiger partial charge < -0.3 is 19.5 Å². The van der Waals surface area contributed by atoms with Crippen LogP contribution in [0.2, 0.25) is 0 Å². The zero-order valence-corrected chi connectivity index (χ0v) is 13.5. The fourth-order valence-corrected chi connectivity index (χ4v) is 2.74. The minimum Gasteiger partial charge on any atom is -0.385 e. The third kappa shape index (κ3) is 7.58. The molecule has 0 amide bonds. The van der Waals surface area contributed by atoms with Crippen LogP contribution in [0.3, 0.4) is 0 Å². The molecular formula is C16H33NO3. The van der Waals surface area contributed by atoms with Crippen LogP contribution in [0.4, 0.5) is 0 Å². The molecule has 0 heterocycles. The monoisotopic (exact) mass is 287 g/mol. The van der Waals surface area contributed by atoms with Gasteiger partial charge in [0, 0.05) is 26.4 Å². The van der Waals surface area contributed by atoms with Gasteiger partial charge in [-0.3, -0.25) is 0 Å². The molecule has 0 bridgehead atoms. The number of ether oxygens (including phenoxy) is 3. The molecule has 0 aromatic rings. The fraction of sp³-hybridized carbons (Fsp3) is 1.00. The summed E-state index contributed by atoms with van der Waals surface area (Å²) >= 11 is 0. The Hall–Kier alpha value is -0.160. The Morgan fingerprint density at radius 1 is 1.10 bits per heavy atom. The standard InChI is InChI=1S/C16H33NO3/c1-4-8-17-15-7-6-14(2)13-16(15)20-12-11-19-10-5-9-18-3/h14-17H,4-13H2,1-3H3. The van der Waals surface area contributed by atoms with Crippen LogP contribution in [0.25, 0.3) is 0 Å². The molecule has 120 valence electrons. The van der Waals surface area contributed by atoms with Crippen molar-refractivity contribution in [2.24, 2.45) is 5.92 Å². The van der Waals surface area contributed by atoms with Crippen molar-refractivity contribution < 1.29 is 14.2 Å². The van der Waals surface area contributed by atoms with Gasteiger partial charge in [0.1, 0.15) is 0 Å². The summed E-state index contributed by atoms with van der Waals surface area (Å²) in [6.07, 6.45) is 6.22. The van der Waals surface area contributed by atoms with Gasteiger partial charge in [-0.25, -0.2) is 0 Å². The maximum atomic E-state index is 6.05. The molecule has 1 aliphatic carbocycles. The van der Waals surface area contributed by atoms with E-state index in [-0.39, 0.29) is 0 Å². The second kappa shape index (κ2) is 11.5. The van der Waals surface area contributed by atoms with Crippen LogP contribution in [0.15, 0.2) is 0 Å². The molecule has 3 unspecified atom stereocenters. The Labute approximate surface area is 124 Å². The van der Waals surface area contributed by atoms with Crippen LogP contribution in [0, 0.1) is 5.92 Å². The summed E-state index contributed by atoms with van der Waals surface area (Å²) in [5, 5.41) is 3.63. The molecule has 0 spiro atoms. The van der Waals surface area contributed by atoms with Crippen LogP contribution in [0.5, 0.6) is 0 Å². The summed E-state index contributed by atoms with van der Waals surface area (Å²) in [4.78, 5) is 0. The van der Waals surface area contributed by atoms with Gasteiger partial charge in [-0.05, 0) is 44.6 Å². The second-order valence-electron chi connectivity index (χ2n) is 5.85. The first kappa shape index (κ1) is 17.9. The molecule has 0 aliphatic heterocycles. The Morgan fingerprint density at radius 2 is 1.95 bits per heavy atom. The van der Waals surface area contributed by atoms with E-state index in [1.807, 2.05) is 0 Å². The highest BCUT2D eigenvalue weighted by Crippen LogP contribution is 2.26. The van der Waals surface area contributed by atoms with Crippen LogP contribution >= 0.6 is 0 Å². The Kier molecular flexibility index (Phi) is 10.3. The zero-order valence-electron chi connectivity index (χ0n) is 13.5. The van der Waals surface area contributed by atoms with Gasteiger partial charge in [-0.1, -0.05) is 13.8 Å². The van der Waals surface area contributed by atoms with E-state index < -0.39 is 0 Å². The minimum atomic E-state index is 0.355. The lowest BCUT2D eigenvalue weighted by Crippen LogP contribution is -2.45. The van der Waals surface area contributed by atoms with Crippen molar-refractivity contribution in [2.45, 2.75) is 58.1 Å². The minimum absolute atomic E-state index is 0.355. The summed E-state index contributed by atoms with van der Waals surface area (Å²) in [6.45, 7) is 8.55. The predicted octanol–water partition coefficient (Wildman–Crippen LogP) is 2.61. The Morgan fingerprint density at radius 3 is 2.70 bits per heavy atom. The van der Waals surface area contributed by atoms with Gasteiger partial charge in [-0.15, -0.1) is 0 Å². The molecular weight excluding hydrogens is 254 g/mol. The Bertz CT molecular complexity index is 224. The van der Waals surface area contributed by atoms with Gasteiger partial charge in [0.2, 0.25) is 0 Å². The van der Waals surface area contributed by atoms with Crippen LogP contribution in [0.1, 0.15) is 46.0 Å². The van der Waals surface area contributed by atoms with E-state index in [1.54, 1.807) is 7.11 Å². The van der Waals surface area contributed by atoms with Gasteiger partial charge >= 0.3 is 0 Å². The maximum Gasteiger partial charge on any atom is 0.0731 e. The first-order chi connectivity index (χ1) is 9.77. The topological polar surface area (TPSA) is 39.7 Å². The summed E-state index contributed by atoms with van der Waals surface area (Å²) in [5.41, 5.74) is 0. The normalized spacial score (nSPS) is 26.9. The van der Waals surface area contributed by atoms with Crippen molar-refractivity contribution in [1.82, 2.24) is 5.32 Å². The molecule has 1 fully saturated rings. The lowest BCUT2D eigenvalue weighted by molar-refractivity contribution is -0.0357. The third-order valence-electron chi connectivity index (χ3n) is 3.91. The summed E-state index contributed by atoms with van der Waals surface area (Å²) in [7, 11) is 1.72. The zero-order chi connectivity index (χ0) is 14.6. The van der Waals surface area contributed by atoms with E-state index in [2.05, 4.69) is 19.2 Å². The highest BCUT2D eigenvalue weighted by Gasteiger charge is 2.28. The number of hydrogen-bond donors (Lipinski definition) is 1. The first-order valence-electron chi connectivity index (χ1n) is 8.19. The molecule has 20 heavy (non-hydrogen) atoms. The van der Waals surface area contributed by atoms with Crippen molar-refractivity contribution in [3.05, 3.63) is 0 Å². The van der Waals surface area contributed by atoms with Crippen molar-refractivity contribution in [3.8, 4) is 0 Å². The predicted molar refractivity (Wildman–Crippen MR) is 82.1 cm³/mol. The lowest BCUT2D eigenvalue weighted by Gasteiger charge is -2.35. The molecule has 1 rings (SSSR count). The molecule has 3 atom stereocenters. The number of hydrogen-bond acceptors (Lipinski definition) is 4. The number of rotatable bonds is 11. The van der Waals surface area contributed by atoms with Crippen molar-refractivity contribution in [3.63, 3.8) is 0 Å². The molecule has 0 aromatic carbocycles. The fourth-order valence-electron chi connectivity index (χ4n) is 2.74. The summed E-state index contributed by atoms with van der Waals surface area (Å²) in [5.74, 6) is 0.780. The molecule has 0 aromatic heterocycles. The van der Waals surface area contributed by atoms with Gasteiger partial charge in [0.25, 0.3) is 0 Å². The van der Waals surface area contributed by atoms with Crippen molar-refractivity contribution in [2.75, 3.05) is 40.1 Å². The molecule has 0 radical (unpaired) electrons. The average Bonchev–Trinajstić information content (AvgIpc) is 2.45. The van der Waals surface area contributed by atoms with Crippen molar-refractivity contribution in [1.29, 1.82) is 0 Å². The van der Waals surface area contributed by atoms with E-state index >= 15 is 0 Å². The third-order valence-corrected chi connectivity index (χ3v) is 3.91. The van der Waals surface area contributed by atoms with E-state index in [0.29, 0.717) is 25.4 Å². The SMILES string of the molecule is CCCNC1CCC(C)CC1OCCOCCCOC. The quantitative estimate of drug-likeness (QED) is 0.593. The Balaban J connectivity index is 2.13. The van der Waals surface area contributed by atoms with Gasteiger partial charge in [0.15, 0.2) is 0 Å². The summed E-state index contributed by atoms with van der Waals surface area (Å²) < 4.78 is 16.6. The highest BCUT2D eigenvalue weighted by atomic mass is 16.5. The lowest BCUT2D eigenvalue weighted by atomic mass is 9.85. The van der Waals surface area contributed by atoms with Gasteiger partial charge in [-0.2, -0.15) is 0 Å². The largest absolute Gasteiger partial charge is 0.385 e. The van der Waals surface area contributed by atoms with E-state index in [0.717, 1.165) is 32.1 Å². The highest BCUT2D eigenvalue weighted by molar-refractivity contribution is 4.84. The van der Waals surface area contributed by atoms with Gasteiger partial charge in [0.05, 0.1) is 19.3 Å². The van der Waals surface area contributed by atoms with E-state index in [1.165, 1.54) is 25.7 Å². The smallest absolute Gasteiger partial charge is 0.0731 e. The van der Waals surface area contributed by atoms with E-state index in [9.17, 15) is 0 Å². The molecule has 0 saturated heterocycles. The molecule has 4 nitrogen and oxygen atoms in total. The van der Waals surface area contributed by atoms with Crippen LogP contribution < -0.4 is 5.32 Å². The first-order valence-corrected chi connectivity index (χ1v) is 8.19. The van der Waals surface area contributed by atoms with Crippen LogP contribution in [-0.4, -0.2) is 52.2 Å². The second-order valence-corrected chi connectivity index (χ2v) is 5.85. The number of methoxy groups -OCH3 is 1. The molecule has 1 N–H and O–H groups in total. The van der Waals surface area contributed by atoms with Crippen LogP contribution in [-0.2, 0) is 14.2 Å². The average molecular weight is 287 g/mol.